The number of aryl methyl sites for hydroxylation is 1. The van der Waals surface area contributed by atoms with Crippen LogP contribution in [0, 0.1) is 6.92 Å². The second-order valence-electron chi connectivity index (χ2n) is 21.0. The Balaban J connectivity index is 1.33. The summed E-state index contributed by atoms with van der Waals surface area (Å²) in [6.45, 7) is 25.7. The molecule has 59 heavy (non-hydrogen) atoms. The lowest BCUT2D eigenvalue weighted by molar-refractivity contribution is 0.332. The Kier molecular flexibility index (Phi) is 8.17. The number of anilines is 6. The van der Waals surface area contributed by atoms with E-state index in [0.29, 0.717) is 0 Å². The van der Waals surface area contributed by atoms with E-state index in [4.69, 9.17) is 4.42 Å². The van der Waals surface area contributed by atoms with Gasteiger partial charge in [-0.15, -0.1) is 0 Å². The maximum absolute atomic E-state index is 7.48. The first kappa shape index (κ1) is 37.8. The number of hydrogen-bond donors (Lipinski definition) is 0. The minimum Gasteiger partial charge on any atom is -0.468 e. The Bertz CT molecular complexity index is 2810. The predicted octanol–water partition coefficient (Wildman–Crippen LogP) is 13.4. The Labute approximate surface area is 352 Å². The van der Waals surface area contributed by atoms with Crippen LogP contribution >= 0.6 is 0 Å². The summed E-state index contributed by atoms with van der Waals surface area (Å²) in [5.41, 5.74) is 21.0. The van der Waals surface area contributed by atoms with Gasteiger partial charge in [-0.3, -0.25) is 0 Å². The molecule has 3 nitrogen and oxygen atoms in total. The van der Waals surface area contributed by atoms with Gasteiger partial charge in [-0.2, -0.15) is 0 Å². The largest absolute Gasteiger partial charge is 0.468 e. The lowest BCUT2D eigenvalue weighted by Gasteiger charge is -2.43. The maximum Gasteiger partial charge on any atom is 0.297 e. The zero-order valence-electron chi connectivity index (χ0n) is 36.8. The van der Waals surface area contributed by atoms with Crippen molar-refractivity contribution in [2.24, 2.45) is 0 Å². The van der Waals surface area contributed by atoms with Gasteiger partial charge < -0.3 is 14.2 Å². The van der Waals surface area contributed by atoms with Gasteiger partial charge in [0.2, 0.25) is 0 Å². The lowest BCUT2D eigenvalue weighted by Crippen LogP contribution is -2.61. The van der Waals surface area contributed by atoms with Gasteiger partial charge in [0.05, 0.1) is 17.0 Å². The van der Waals surface area contributed by atoms with E-state index in [-0.39, 0.29) is 28.4 Å². The van der Waals surface area contributed by atoms with Crippen molar-refractivity contribution in [2.45, 2.75) is 111 Å². The number of fused-ring (bicyclic) bond motifs is 7. The van der Waals surface area contributed by atoms with Crippen molar-refractivity contribution in [3.8, 4) is 11.1 Å². The highest BCUT2D eigenvalue weighted by molar-refractivity contribution is 7.00. The van der Waals surface area contributed by atoms with Gasteiger partial charge in [0, 0.05) is 33.7 Å². The number of para-hydroxylation sites is 1. The zero-order chi connectivity index (χ0) is 41.4. The van der Waals surface area contributed by atoms with Crippen LogP contribution in [-0.4, -0.2) is 6.71 Å². The normalized spacial score (nSPS) is 16.4. The van der Waals surface area contributed by atoms with E-state index in [2.05, 4.69) is 207 Å². The summed E-state index contributed by atoms with van der Waals surface area (Å²) < 4.78 is 7.48. The first-order valence-corrected chi connectivity index (χ1v) is 21.7. The molecule has 0 saturated carbocycles. The molecule has 0 spiro atoms. The van der Waals surface area contributed by atoms with Crippen LogP contribution in [0.25, 0.3) is 22.1 Å². The second-order valence-corrected chi connectivity index (χ2v) is 21.0. The van der Waals surface area contributed by atoms with Crippen LogP contribution in [0.1, 0.15) is 110 Å². The third-order valence-electron chi connectivity index (χ3n) is 13.9. The van der Waals surface area contributed by atoms with Crippen molar-refractivity contribution in [3.63, 3.8) is 0 Å². The number of benzene rings is 6. The van der Waals surface area contributed by atoms with Crippen LogP contribution in [0.2, 0.25) is 0 Å². The average molecular weight is 773 g/mol. The Hall–Kier alpha value is -5.48. The highest BCUT2D eigenvalue weighted by Gasteiger charge is 2.48. The fourth-order valence-corrected chi connectivity index (χ4v) is 10.3. The maximum atomic E-state index is 7.48. The van der Waals surface area contributed by atoms with Crippen molar-refractivity contribution < 1.29 is 4.42 Å². The van der Waals surface area contributed by atoms with Gasteiger partial charge in [-0.05, 0) is 134 Å². The zero-order valence-corrected chi connectivity index (χ0v) is 36.8. The molecule has 3 heterocycles. The van der Waals surface area contributed by atoms with Gasteiger partial charge in [-0.25, -0.2) is 0 Å². The van der Waals surface area contributed by atoms with Gasteiger partial charge in [0.1, 0.15) is 5.58 Å². The molecular formula is C55H57BN2O. The highest BCUT2D eigenvalue weighted by Crippen LogP contribution is 2.52. The van der Waals surface area contributed by atoms with Crippen LogP contribution in [0.3, 0.4) is 0 Å². The first-order valence-electron chi connectivity index (χ1n) is 21.7. The molecule has 0 saturated heterocycles. The predicted molar refractivity (Wildman–Crippen MR) is 253 cm³/mol. The molecule has 4 heteroatoms. The highest BCUT2D eigenvalue weighted by atomic mass is 16.3. The third kappa shape index (κ3) is 5.84. The van der Waals surface area contributed by atoms with Gasteiger partial charge >= 0.3 is 0 Å². The summed E-state index contributed by atoms with van der Waals surface area (Å²) in [6.07, 6.45) is 2.32. The number of furan rings is 1. The number of nitrogens with zero attached hydrogens (tertiary/aromatic N) is 2. The summed E-state index contributed by atoms with van der Waals surface area (Å²) in [5, 5.41) is 1.20. The Morgan fingerprint density at radius 1 is 0.576 bits per heavy atom. The van der Waals surface area contributed by atoms with Crippen molar-refractivity contribution in [1.29, 1.82) is 0 Å². The number of rotatable bonds is 3. The molecule has 10 rings (SSSR count). The lowest BCUT2D eigenvalue weighted by atomic mass is 9.35. The van der Waals surface area contributed by atoms with Crippen LogP contribution in [0.4, 0.5) is 34.1 Å². The standard InChI is InChI=1S/C55H57BN2O/c1-34-29-46-49-47(30-34)58(44-20-16-15-19-39(44)35-17-13-12-14-18-35)45-26-23-37(53(5,6)7)31-43(45)56(49)51-50(57(46)38-24-21-36(22-25-38)52(2,3)4)40-32-41-42(33-48(40)59-51)55(10,11)28-27-54(41,8)9/h12-26,29-33H,27-28H2,1-11H3. The SMILES string of the molecule is Cc1cc2c3c(c1)N(c1ccc(C(C)(C)C)cc1)c1c(oc4cc5c(cc14)C(C)(C)CCC5(C)C)B3c1cc(C(C)(C)C)ccc1N2c1ccccc1-c1ccccc1. The molecule has 3 aliphatic rings. The van der Waals surface area contributed by atoms with Crippen molar-refractivity contribution in [3.05, 3.63) is 149 Å². The molecular weight excluding hydrogens is 715 g/mol. The molecule has 0 atom stereocenters. The molecule has 1 aromatic heterocycles. The molecule has 0 N–H and O–H groups in total. The van der Waals surface area contributed by atoms with E-state index < -0.39 is 0 Å². The summed E-state index contributed by atoms with van der Waals surface area (Å²) in [6, 6.07) is 46.1. The van der Waals surface area contributed by atoms with Crippen LogP contribution in [0.15, 0.2) is 126 Å². The fourth-order valence-electron chi connectivity index (χ4n) is 10.3. The molecule has 1 aliphatic carbocycles. The molecule has 296 valence electrons. The van der Waals surface area contributed by atoms with Gasteiger partial charge in [0.15, 0.2) is 0 Å². The Morgan fingerprint density at radius 3 is 1.83 bits per heavy atom. The third-order valence-corrected chi connectivity index (χ3v) is 13.9. The number of hydrogen-bond acceptors (Lipinski definition) is 3. The molecule has 2 aliphatic heterocycles. The van der Waals surface area contributed by atoms with E-state index in [0.717, 1.165) is 29.8 Å². The summed E-state index contributed by atoms with van der Waals surface area (Å²) in [5.74, 6) is 0. The molecule has 0 unspecified atom stereocenters. The summed E-state index contributed by atoms with van der Waals surface area (Å²) in [7, 11) is 0. The summed E-state index contributed by atoms with van der Waals surface area (Å²) in [4.78, 5) is 5.09. The Morgan fingerprint density at radius 2 is 1.17 bits per heavy atom. The van der Waals surface area contributed by atoms with Crippen LogP contribution < -0.4 is 26.4 Å². The summed E-state index contributed by atoms with van der Waals surface area (Å²) >= 11 is 0. The van der Waals surface area contributed by atoms with Gasteiger partial charge in [-0.1, -0.05) is 142 Å². The minimum absolute atomic E-state index is 0.0411. The molecule has 6 aromatic carbocycles. The molecule has 7 aromatic rings. The van der Waals surface area contributed by atoms with Crippen molar-refractivity contribution >= 4 is 68.4 Å². The van der Waals surface area contributed by atoms with Crippen LogP contribution in [-0.2, 0) is 21.7 Å². The molecule has 0 bridgehead atoms. The van der Waals surface area contributed by atoms with Crippen LogP contribution in [0.5, 0.6) is 0 Å². The van der Waals surface area contributed by atoms with E-state index in [1.54, 1.807) is 0 Å². The van der Waals surface area contributed by atoms with Crippen molar-refractivity contribution in [1.82, 2.24) is 0 Å². The van der Waals surface area contributed by atoms with E-state index in [9.17, 15) is 0 Å². The minimum atomic E-state index is -0.108. The smallest absolute Gasteiger partial charge is 0.297 e. The quantitative estimate of drug-likeness (QED) is 0.167. The topological polar surface area (TPSA) is 19.6 Å². The van der Waals surface area contributed by atoms with E-state index >= 15 is 0 Å². The second kappa shape index (κ2) is 12.8. The monoisotopic (exact) mass is 772 g/mol. The fraction of sp³-hybridized carbons (Fsp3) is 0.309. The van der Waals surface area contributed by atoms with Gasteiger partial charge in [0.25, 0.3) is 6.71 Å². The van der Waals surface area contributed by atoms with E-state index in [1.807, 2.05) is 0 Å². The molecule has 0 fully saturated rings. The average Bonchev–Trinajstić information content (AvgIpc) is 3.57. The van der Waals surface area contributed by atoms with E-state index in [1.165, 1.54) is 83.7 Å². The first-order chi connectivity index (χ1) is 27.9. The molecule has 0 radical (unpaired) electrons. The molecule has 0 amide bonds. The van der Waals surface area contributed by atoms with Crippen molar-refractivity contribution in [2.75, 3.05) is 9.80 Å².